The van der Waals surface area contributed by atoms with E-state index in [1.165, 1.54) is 23.6 Å². The number of aromatic carboxylic acids is 1. The number of hydrogen-bond donors (Lipinski definition) is 3. The standard InChI is InChI=1S/C13H10N4O2S/c14-7-3-9(13(18)19)12(15-5-7)17-8-1-2-10-11(4-8)20-6-16-10/h1-6H,14H2,(H,15,17)(H,18,19). The van der Waals surface area contributed by atoms with Crippen molar-refractivity contribution in [3.8, 4) is 0 Å². The van der Waals surface area contributed by atoms with Crippen molar-refractivity contribution in [2.24, 2.45) is 0 Å². The van der Waals surface area contributed by atoms with Gasteiger partial charge in [-0.3, -0.25) is 0 Å². The molecule has 0 unspecified atom stereocenters. The molecule has 100 valence electrons. The Morgan fingerprint density at radius 1 is 1.30 bits per heavy atom. The fraction of sp³-hybridized carbons (Fsp3) is 0. The molecule has 0 bridgehead atoms. The quantitative estimate of drug-likeness (QED) is 0.684. The number of nitrogens with two attached hydrogens (primary N) is 1. The van der Waals surface area contributed by atoms with E-state index in [1.54, 1.807) is 5.51 Å². The highest BCUT2D eigenvalue weighted by Crippen LogP contribution is 2.25. The number of hydrogen-bond acceptors (Lipinski definition) is 6. The molecule has 0 atom stereocenters. The average molecular weight is 286 g/mol. The van der Waals surface area contributed by atoms with Crippen LogP contribution in [0.1, 0.15) is 10.4 Å². The van der Waals surface area contributed by atoms with Crippen LogP contribution in [-0.2, 0) is 0 Å². The van der Waals surface area contributed by atoms with Crippen LogP contribution in [0.4, 0.5) is 17.2 Å². The summed E-state index contributed by atoms with van der Waals surface area (Å²) in [5, 5.41) is 12.2. The molecule has 0 saturated heterocycles. The lowest BCUT2D eigenvalue weighted by atomic mass is 10.2. The number of nitrogens with zero attached hydrogens (tertiary/aromatic N) is 2. The third-order valence-electron chi connectivity index (χ3n) is 2.73. The molecule has 6 nitrogen and oxygen atoms in total. The van der Waals surface area contributed by atoms with E-state index in [-0.39, 0.29) is 11.4 Å². The molecule has 0 spiro atoms. The number of benzene rings is 1. The summed E-state index contributed by atoms with van der Waals surface area (Å²) in [6.07, 6.45) is 1.42. The first kappa shape index (κ1) is 12.4. The molecule has 4 N–H and O–H groups in total. The van der Waals surface area contributed by atoms with E-state index in [0.717, 1.165) is 15.9 Å². The van der Waals surface area contributed by atoms with Crippen LogP contribution >= 0.6 is 11.3 Å². The van der Waals surface area contributed by atoms with Crippen LogP contribution in [0.3, 0.4) is 0 Å². The molecule has 0 aliphatic heterocycles. The van der Waals surface area contributed by atoms with Crippen LogP contribution in [0.5, 0.6) is 0 Å². The second-order valence-corrected chi connectivity index (χ2v) is 5.02. The number of carboxylic acids is 1. The van der Waals surface area contributed by atoms with Crippen LogP contribution in [-0.4, -0.2) is 21.0 Å². The Hall–Kier alpha value is -2.67. The third-order valence-corrected chi connectivity index (χ3v) is 3.53. The fourth-order valence-corrected chi connectivity index (χ4v) is 2.53. The maximum Gasteiger partial charge on any atom is 0.339 e. The van der Waals surface area contributed by atoms with Crippen LogP contribution in [0.25, 0.3) is 10.2 Å². The fourth-order valence-electron chi connectivity index (χ4n) is 1.81. The molecule has 3 aromatic rings. The number of carbonyl (C=O) groups is 1. The molecular weight excluding hydrogens is 276 g/mol. The summed E-state index contributed by atoms with van der Waals surface area (Å²) in [5.74, 6) is -0.818. The van der Waals surface area contributed by atoms with Gasteiger partial charge >= 0.3 is 5.97 Å². The number of nitrogens with one attached hydrogen (secondary N) is 1. The summed E-state index contributed by atoms with van der Waals surface area (Å²) in [6.45, 7) is 0. The summed E-state index contributed by atoms with van der Waals surface area (Å²) >= 11 is 1.52. The average Bonchev–Trinajstić information content (AvgIpc) is 2.88. The molecule has 0 aliphatic carbocycles. The van der Waals surface area contributed by atoms with E-state index in [1.807, 2.05) is 18.2 Å². The van der Waals surface area contributed by atoms with E-state index >= 15 is 0 Å². The molecule has 1 aromatic carbocycles. The lowest BCUT2D eigenvalue weighted by Gasteiger charge is -2.09. The minimum Gasteiger partial charge on any atom is -0.478 e. The lowest BCUT2D eigenvalue weighted by molar-refractivity contribution is 0.0697. The third kappa shape index (κ3) is 2.26. The minimum absolute atomic E-state index is 0.0365. The van der Waals surface area contributed by atoms with Gasteiger partial charge in [-0.05, 0) is 24.3 Å². The molecule has 7 heteroatoms. The molecule has 0 aliphatic rings. The number of carboxylic acid groups (broad SMARTS) is 1. The monoisotopic (exact) mass is 286 g/mol. The predicted octanol–water partition coefficient (Wildman–Crippen LogP) is 2.72. The molecule has 20 heavy (non-hydrogen) atoms. The second kappa shape index (κ2) is 4.78. The van der Waals surface area contributed by atoms with Gasteiger partial charge in [-0.1, -0.05) is 0 Å². The van der Waals surface area contributed by atoms with E-state index in [9.17, 15) is 4.79 Å². The second-order valence-electron chi connectivity index (χ2n) is 4.13. The Bertz CT molecular complexity index is 800. The van der Waals surface area contributed by atoms with Crippen molar-refractivity contribution < 1.29 is 9.90 Å². The highest BCUT2D eigenvalue weighted by Gasteiger charge is 2.12. The molecule has 0 radical (unpaired) electrons. The Morgan fingerprint density at radius 3 is 2.95 bits per heavy atom. The molecular formula is C13H10N4O2S. The number of aromatic nitrogens is 2. The van der Waals surface area contributed by atoms with Crippen LogP contribution in [0.2, 0.25) is 0 Å². The molecule has 0 fully saturated rings. The molecule has 2 heterocycles. The molecule has 2 aromatic heterocycles. The Kier molecular flexibility index (Phi) is 2.96. The Labute approximate surface area is 117 Å². The summed E-state index contributed by atoms with van der Waals surface area (Å²) in [4.78, 5) is 19.4. The zero-order valence-corrected chi connectivity index (χ0v) is 11.0. The zero-order chi connectivity index (χ0) is 14.1. The number of nitrogen functional groups attached to an aromatic ring is 1. The summed E-state index contributed by atoms with van der Waals surface area (Å²) in [6, 6.07) is 6.97. The highest BCUT2D eigenvalue weighted by molar-refractivity contribution is 7.16. The molecule has 0 amide bonds. The van der Waals surface area contributed by atoms with E-state index in [2.05, 4.69) is 15.3 Å². The van der Waals surface area contributed by atoms with Gasteiger partial charge in [0.15, 0.2) is 0 Å². The van der Waals surface area contributed by atoms with E-state index in [4.69, 9.17) is 10.8 Å². The van der Waals surface area contributed by atoms with Gasteiger partial charge in [-0.25, -0.2) is 14.8 Å². The van der Waals surface area contributed by atoms with Gasteiger partial charge in [0.05, 0.1) is 27.6 Å². The topological polar surface area (TPSA) is 101 Å². The summed E-state index contributed by atoms with van der Waals surface area (Å²) in [7, 11) is 0. The van der Waals surface area contributed by atoms with Crippen LogP contribution < -0.4 is 11.1 Å². The summed E-state index contributed by atoms with van der Waals surface area (Å²) in [5.41, 5.74) is 9.33. The first-order chi connectivity index (χ1) is 9.63. The van der Waals surface area contributed by atoms with Crippen molar-refractivity contribution in [1.29, 1.82) is 0 Å². The van der Waals surface area contributed by atoms with Crippen molar-refractivity contribution >= 4 is 44.7 Å². The first-order valence-electron chi connectivity index (χ1n) is 5.72. The smallest absolute Gasteiger partial charge is 0.339 e. The lowest BCUT2D eigenvalue weighted by Crippen LogP contribution is -2.06. The maximum absolute atomic E-state index is 11.2. The van der Waals surface area contributed by atoms with Gasteiger partial charge < -0.3 is 16.2 Å². The van der Waals surface area contributed by atoms with Crippen molar-refractivity contribution in [1.82, 2.24) is 9.97 Å². The Morgan fingerprint density at radius 2 is 2.15 bits per heavy atom. The zero-order valence-electron chi connectivity index (χ0n) is 10.2. The summed E-state index contributed by atoms with van der Waals surface area (Å²) < 4.78 is 1.02. The van der Waals surface area contributed by atoms with Crippen molar-refractivity contribution in [3.63, 3.8) is 0 Å². The van der Waals surface area contributed by atoms with Gasteiger partial charge in [0.2, 0.25) is 0 Å². The first-order valence-corrected chi connectivity index (χ1v) is 6.60. The number of fused-ring (bicyclic) bond motifs is 1. The van der Waals surface area contributed by atoms with Gasteiger partial charge in [0.1, 0.15) is 11.4 Å². The maximum atomic E-state index is 11.2. The van der Waals surface area contributed by atoms with Crippen molar-refractivity contribution in [2.75, 3.05) is 11.1 Å². The normalized spacial score (nSPS) is 10.6. The Balaban J connectivity index is 1.99. The SMILES string of the molecule is Nc1cnc(Nc2ccc3ncsc3c2)c(C(=O)O)c1. The van der Waals surface area contributed by atoms with E-state index in [0.29, 0.717) is 5.69 Å². The number of rotatable bonds is 3. The van der Waals surface area contributed by atoms with Crippen LogP contribution in [0.15, 0.2) is 36.0 Å². The largest absolute Gasteiger partial charge is 0.478 e. The van der Waals surface area contributed by atoms with Gasteiger partial charge in [-0.15, -0.1) is 11.3 Å². The van der Waals surface area contributed by atoms with Gasteiger partial charge in [-0.2, -0.15) is 0 Å². The van der Waals surface area contributed by atoms with Crippen molar-refractivity contribution in [3.05, 3.63) is 41.5 Å². The number of thiazole rings is 1. The van der Waals surface area contributed by atoms with Gasteiger partial charge in [0, 0.05) is 5.69 Å². The van der Waals surface area contributed by atoms with E-state index < -0.39 is 5.97 Å². The van der Waals surface area contributed by atoms with Crippen molar-refractivity contribution in [2.45, 2.75) is 0 Å². The van der Waals surface area contributed by atoms with Crippen LogP contribution in [0, 0.1) is 0 Å². The molecule has 3 rings (SSSR count). The number of pyridine rings is 1. The van der Waals surface area contributed by atoms with Gasteiger partial charge in [0.25, 0.3) is 0 Å². The number of anilines is 3. The molecule has 0 saturated carbocycles. The minimum atomic E-state index is -1.08. The highest BCUT2D eigenvalue weighted by atomic mass is 32.1. The predicted molar refractivity (Wildman–Crippen MR) is 78.5 cm³/mol.